The highest BCUT2D eigenvalue weighted by atomic mass is 16.2. The van der Waals surface area contributed by atoms with Crippen LogP contribution in [0.1, 0.15) is 51.9 Å². The van der Waals surface area contributed by atoms with E-state index >= 15 is 0 Å². The van der Waals surface area contributed by atoms with Crippen LogP contribution in [0, 0.1) is 5.92 Å². The van der Waals surface area contributed by atoms with Gasteiger partial charge in [0.25, 0.3) is 5.56 Å². The van der Waals surface area contributed by atoms with Gasteiger partial charge in [-0.25, -0.2) is 4.98 Å². The number of hydrogen-bond donors (Lipinski definition) is 0. The van der Waals surface area contributed by atoms with E-state index in [1.54, 1.807) is 4.57 Å². The van der Waals surface area contributed by atoms with E-state index in [4.69, 9.17) is 4.98 Å². The molecular formula is C22H30N4O2. The molecule has 0 spiro atoms. The third-order valence-corrected chi connectivity index (χ3v) is 6.53. The van der Waals surface area contributed by atoms with E-state index in [9.17, 15) is 9.59 Å². The van der Waals surface area contributed by atoms with Crippen LogP contribution < -0.4 is 5.56 Å². The van der Waals surface area contributed by atoms with Crippen molar-refractivity contribution in [2.75, 3.05) is 19.6 Å². The second-order valence-electron chi connectivity index (χ2n) is 8.22. The van der Waals surface area contributed by atoms with Crippen LogP contribution in [0.2, 0.25) is 0 Å². The number of hydrogen-bond acceptors (Lipinski definition) is 4. The van der Waals surface area contributed by atoms with Crippen molar-refractivity contribution in [3.63, 3.8) is 0 Å². The summed E-state index contributed by atoms with van der Waals surface area (Å²) < 4.78 is 1.80. The van der Waals surface area contributed by atoms with Gasteiger partial charge >= 0.3 is 0 Å². The normalized spacial score (nSPS) is 22.2. The summed E-state index contributed by atoms with van der Waals surface area (Å²) in [6.07, 6.45) is 3.28. The summed E-state index contributed by atoms with van der Waals surface area (Å²) in [4.78, 5) is 34.9. The molecule has 1 aromatic heterocycles. The molecule has 6 nitrogen and oxygen atoms in total. The smallest absolute Gasteiger partial charge is 0.261 e. The minimum atomic E-state index is 0.0284. The van der Waals surface area contributed by atoms with E-state index in [0.717, 1.165) is 43.8 Å². The lowest BCUT2D eigenvalue weighted by Crippen LogP contribution is -2.56. The van der Waals surface area contributed by atoms with Crippen molar-refractivity contribution in [2.45, 2.75) is 58.7 Å². The van der Waals surface area contributed by atoms with Crippen molar-refractivity contribution < 1.29 is 4.79 Å². The van der Waals surface area contributed by atoms with Crippen molar-refractivity contribution in [3.8, 4) is 0 Å². The van der Waals surface area contributed by atoms with E-state index in [0.29, 0.717) is 17.8 Å². The molecule has 2 fully saturated rings. The Morgan fingerprint density at radius 3 is 2.64 bits per heavy atom. The molecule has 1 aliphatic carbocycles. The van der Waals surface area contributed by atoms with E-state index in [1.165, 1.54) is 6.42 Å². The molecule has 0 N–H and O–H groups in total. The Balaban J connectivity index is 1.57. The molecule has 28 heavy (non-hydrogen) atoms. The summed E-state index contributed by atoms with van der Waals surface area (Å²) in [6.45, 7) is 9.24. The predicted molar refractivity (Wildman–Crippen MR) is 110 cm³/mol. The molecule has 1 aromatic carbocycles. The Bertz CT molecular complexity index is 934. The zero-order valence-electron chi connectivity index (χ0n) is 17.1. The van der Waals surface area contributed by atoms with Crippen LogP contribution in [0.15, 0.2) is 29.1 Å². The van der Waals surface area contributed by atoms with Gasteiger partial charge in [0.15, 0.2) is 0 Å². The molecule has 1 saturated carbocycles. The maximum absolute atomic E-state index is 12.9. The topological polar surface area (TPSA) is 58.4 Å². The van der Waals surface area contributed by atoms with Gasteiger partial charge in [-0.05, 0) is 45.7 Å². The van der Waals surface area contributed by atoms with Crippen molar-refractivity contribution in [3.05, 3.63) is 40.4 Å². The average Bonchev–Trinajstić information content (AvgIpc) is 2.65. The number of carbonyl (C=O) groups excluding carboxylic acids is 1. The third-order valence-electron chi connectivity index (χ3n) is 6.53. The molecule has 2 atom stereocenters. The Labute approximate surface area is 166 Å². The molecule has 2 unspecified atom stereocenters. The van der Waals surface area contributed by atoms with Gasteiger partial charge in [0.2, 0.25) is 5.91 Å². The third kappa shape index (κ3) is 3.24. The molecule has 150 valence electrons. The molecule has 1 amide bonds. The quantitative estimate of drug-likeness (QED) is 0.816. The number of benzene rings is 1. The van der Waals surface area contributed by atoms with Gasteiger partial charge in [-0.3, -0.25) is 19.1 Å². The number of nitrogens with zero attached hydrogens (tertiary/aromatic N) is 4. The Hall–Kier alpha value is -2.21. The highest BCUT2D eigenvalue weighted by Crippen LogP contribution is 2.30. The second-order valence-corrected chi connectivity index (χ2v) is 8.22. The fourth-order valence-electron chi connectivity index (χ4n) is 4.53. The summed E-state index contributed by atoms with van der Waals surface area (Å²) in [6, 6.07) is 7.77. The van der Waals surface area contributed by atoms with E-state index in [2.05, 4.69) is 23.6 Å². The van der Waals surface area contributed by atoms with E-state index in [-0.39, 0.29) is 23.6 Å². The first-order chi connectivity index (χ1) is 13.5. The molecule has 0 bridgehead atoms. The van der Waals surface area contributed by atoms with Gasteiger partial charge in [-0.15, -0.1) is 0 Å². The summed E-state index contributed by atoms with van der Waals surface area (Å²) >= 11 is 0. The number of rotatable bonds is 4. The molecule has 0 radical (unpaired) electrons. The first kappa shape index (κ1) is 19.1. The largest absolute Gasteiger partial charge is 0.337 e. The number of carbonyl (C=O) groups is 1. The van der Waals surface area contributed by atoms with Crippen LogP contribution in [0.5, 0.6) is 0 Å². The fourth-order valence-corrected chi connectivity index (χ4v) is 4.53. The van der Waals surface area contributed by atoms with E-state index < -0.39 is 0 Å². The van der Waals surface area contributed by atoms with Gasteiger partial charge in [0.05, 0.1) is 16.9 Å². The van der Waals surface area contributed by atoms with Crippen molar-refractivity contribution in [1.82, 2.24) is 19.4 Å². The first-order valence-electron chi connectivity index (χ1n) is 10.5. The van der Waals surface area contributed by atoms with Crippen molar-refractivity contribution in [1.29, 1.82) is 0 Å². The molecule has 1 aliphatic heterocycles. The average molecular weight is 383 g/mol. The van der Waals surface area contributed by atoms with Crippen LogP contribution in [-0.4, -0.2) is 50.9 Å². The number of fused-ring (bicyclic) bond motifs is 1. The van der Waals surface area contributed by atoms with Crippen LogP contribution >= 0.6 is 0 Å². The highest BCUT2D eigenvalue weighted by molar-refractivity contribution is 5.80. The van der Waals surface area contributed by atoms with Crippen molar-refractivity contribution >= 4 is 16.8 Å². The Kier molecular flexibility index (Phi) is 5.23. The maximum Gasteiger partial charge on any atom is 0.261 e. The molecule has 1 saturated heterocycles. The molecule has 4 rings (SSSR count). The SMILES string of the molecule is CCn1c(C(C)N2CCN(C(=O)C3CCC3)C(C)C2)nc2ccccc2c1=O. The minimum absolute atomic E-state index is 0.0284. The number of amides is 1. The lowest BCUT2D eigenvalue weighted by molar-refractivity contribution is -0.143. The number of para-hydroxylation sites is 1. The second kappa shape index (κ2) is 7.66. The highest BCUT2D eigenvalue weighted by Gasteiger charge is 2.36. The fraction of sp³-hybridized carbons (Fsp3) is 0.591. The Morgan fingerprint density at radius 1 is 1.25 bits per heavy atom. The lowest BCUT2D eigenvalue weighted by atomic mass is 9.84. The molecule has 2 heterocycles. The van der Waals surface area contributed by atoms with Crippen LogP contribution in [0.4, 0.5) is 0 Å². The summed E-state index contributed by atoms with van der Waals surface area (Å²) in [7, 11) is 0. The zero-order chi connectivity index (χ0) is 19.8. The maximum atomic E-state index is 12.9. The predicted octanol–water partition coefficient (Wildman–Crippen LogP) is 2.81. The van der Waals surface area contributed by atoms with Gasteiger partial charge in [0.1, 0.15) is 5.82 Å². The molecule has 6 heteroatoms. The zero-order valence-corrected chi connectivity index (χ0v) is 17.1. The molecule has 2 aliphatic rings. The van der Waals surface area contributed by atoms with Gasteiger partial charge in [0, 0.05) is 38.1 Å². The molecular weight excluding hydrogens is 352 g/mol. The summed E-state index contributed by atoms with van der Waals surface area (Å²) in [5, 5.41) is 0.671. The van der Waals surface area contributed by atoms with Crippen LogP contribution in [-0.2, 0) is 11.3 Å². The summed E-state index contributed by atoms with van der Waals surface area (Å²) in [5.74, 6) is 1.40. The minimum Gasteiger partial charge on any atom is -0.337 e. The summed E-state index contributed by atoms with van der Waals surface area (Å²) in [5.41, 5.74) is 0.785. The van der Waals surface area contributed by atoms with E-state index in [1.807, 2.05) is 31.2 Å². The van der Waals surface area contributed by atoms with Crippen molar-refractivity contribution in [2.24, 2.45) is 5.92 Å². The molecule has 2 aromatic rings. The monoisotopic (exact) mass is 382 g/mol. The van der Waals surface area contributed by atoms with Crippen LogP contribution in [0.3, 0.4) is 0 Å². The Morgan fingerprint density at radius 2 is 2.00 bits per heavy atom. The van der Waals surface area contributed by atoms with Gasteiger partial charge in [-0.2, -0.15) is 0 Å². The van der Waals surface area contributed by atoms with Crippen LogP contribution in [0.25, 0.3) is 10.9 Å². The number of piperazine rings is 1. The standard InChI is InChI=1S/C22H30N4O2/c1-4-25-20(23-19-11-6-5-10-18(19)22(25)28)16(3)24-12-13-26(15(2)14-24)21(27)17-8-7-9-17/h5-6,10-11,15-17H,4,7-9,12-14H2,1-3H3. The lowest BCUT2D eigenvalue weighted by Gasteiger charge is -2.44. The first-order valence-corrected chi connectivity index (χ1v) is 10.5. The van der Waals surface area contributed by atoms with Gasteiger partial charge in [-0.1, -0.05) is 18.6 Å². The number of aromatic nitrogens is 2. The van der Waals surface area contributed by atoms with Gasteiger partial charge < -0.3 is 4.90 Å².